The van der Waals surface area contributed by atoms with E-state index in [-0.39, 0.29) is 0 Å². The molecule has 0 bridgehead atoms. The Kier molecular flexibility index (Phi) is 10.2. The van der Waals surface area contributed by atoms with Gasteiger partial charge in [0.2, 0.25) is 0 Å². The number of hydrogen-bond acceptors (Lipinski definition) is 4. The van der Waals surface area contributed by atoms with Crippen LogP contribution in [0.5, 0.6) is 0 Å². The summed E-state index contributed by atoms with van der Waals surface area (Å²) in [7, 11) is 0. The molecule has 0 aliphatic heterocycles. The predicted octanol–water partition coefficient (Wildman–Crippen LogP) is 22.2. The molecule has 0 atom stereocenters. The van der Waals surface area contributed by atoms with E-state index in [0.29, 0.717) is 0 Å². The van der Waals surface area contributed by atoms with Gasteiger partial charge >= 0.3 is 0 Å². The van der Waals surface area contributed by atoms with Crippen LogP contribution in [0.25, 0.3) is 120 Å². The van der Waals surface area contributed by atoms with Crippen molar-refractivity contribution in [2.75, 3.05) is 9.80 Å². The Morgan fingerprint density at radius 2 is 0.650 bits per heavy atom. The van der Waals surface area contributed by atoms with Crippen molar-refractivity contribution in [3.8, 4) is 22.3 Å². The molecule has 4 nitrogen and oxygen atoms in total. The van der Waals surface area contributed by atoms with Crippen LogP contribution in [0.3, 0.4) is 0 Å². The second-order valence-corrected chi connectivity index (χ2v) is 21.6. The fourth-order valence-electron chi connectivity index (χ4n) is 13.6. The van der Waals surface area contributed by atoms with E-state index in [0.717, 1.165) is 100 Å². The fourth-order valence-corrected chi connectivity index (χ4v) is 13.6. The summed E-state index contributed by atoms with van der Waals surface area (Å²) in [5.41, 5.74) is 19.5. The third kappa shape index (κ3) is 6.75. The molecule has 16 aromatic rings. The summed E-state index contributed by atoms with van der Waals surface area (Å²) in [5, 5.41) is 16.6. The molecule has 0 spiro atoms. The molecule has 0 radical (unpaired) electrons. The van der Waals surface area contributed by atoms with E-state index in [1.165, 1.54) is 76.1 Å². The zero-order valence-corrected chi connectivity index (χ0v) is 44.8. The van der Waals surface area contributed by atoms with Crippen molar-refractivity contribution in [3.05, 3.63) is 265 Å². The lowest BCUT2D eigenvalue weighted by molar-refractivity contribution is 0.670. The van der Waals surface area contributed by atoms with Crippen LogP contribution < -0.4 is 9.80 Å². The van der Waals surface area contributed by atoms with Gasteiger partial charge in [-0.3, -0.25) is 0 Å². The average Bonchev–Trinajstić information content (AvgIpc) is 4.24. The normalized spacial score (nSPS) is 12.0. The molecular weight excluding hydrogens is 973 g/mol. The summed E-state index contributed by atoms with van der Waals surface area (Å²) < 4.78 is 13.7. The summed E-state index contributed by atoms with van der Waals surface area (Å²) in [6.07, 6.45) is 0. The van der Waals surface area contributed by atoms with Crippen LogP contribution in [-0.4, -0.2) is 0 Å². The second-order valence-electron chi connectivity index (χ2n) is 21.6. The lowest BCUT2D eigenvalue weighted by Crippen LogP contribution is -2.14. The maximum absolute atomic E-state index is 6.86. The first-order valence-corrected chi connectivity index (χ1v) is 27.7. The lowest BCUT2D eigenvalue weighted by atomic mass is 9.90. The highest BCUT2D eigenvalue weighted by atomic mass is 16.3. The number of aryl methyl sites for hydroxylation is 2. The number of hydrogen-bond donors (Lipinski definition) is 0. The van der Waals surface area contributed by atoms with E-state index in [4.69, 9.17) is 8.83 Å². The van der Waals surface area contributed by atoms with Crippen molar-refractivity contribution in [3.63, 3.8) is 0 Å². The van der Waals surface area contributed by atoms with Crippen LogP contribution in [0.4, 0.5) is 34.1 Å². The monoisotopic (exact) mass is 1020 g/mol. The molecule has 4 heteroatoms. The third-order valence-electron chi connectivity index (χ3n) is 17.2. The van der Waals surface area contributed by atoms with E-state index in [2.05, 4.69) is 280 Å². The summed E-state index contributed by atoms with van der Waals surface area (Å²) >= 11 is 0. The smallest absolute Gasteiger partial charge is 0.143 e. The lowest BCUT2D eigenvalue weighted by Gasteiger charge is -2.32. The first-order chi connectivity index (χ1) is 39.4. The Labute approximate surface area is 462 Å². The minimum atomic E-state index is 0.898. The van der Waals surface area contributed by atoms with E-state index < -0.39 is 0 Å². The fraction of sp³-hybridized carbons (Fsp3) is 0.0526. The Morgan fingerprint density at radius 3 is 1.10 bits per heavy atom. The molecule has 0 fully saturated rings. The molecule has 2 heterocycles. The van der Waals surface area contributed by atoms with Crippen LogP contribution in [-0.2, 0) is 0 Å². The SMILES string of the molecule is Cc1ccc(-c2cccc3c2oc2ccc4ccccc4c23)c(C)c1N(c1ccccc1)c1ccc2ccc3c(N(c4ccccc4)c4c(C)ccc(-c5cccc6c5oc5ccc7ccccc7c56)c4C)ccc4ccc1c2c43. The van der Waals surface area contributed by atoms with Crippen molar-refractivity contribution in [2.24, 2.45) is 0 Å². The van der Waals surface area contributed by atoms with Crippen LogP contribution in [0.1, 0.15) is 22.3 Å². The van der Waals surface area contributed by atoms with Gasteiger partial charge in [-0.2, -0.15) is 0 Å². The highest BCUT2D eigenvalue weighted by Gasteiger charge is 2.27. The van der Waals surface area contributed by atoms with Crippen molar-refractivity contribution < 1.29 is 8.83 Å². The summed E-state index contributed by atoms with van der Waals surface area (Å²) in [5.74, 6) is 0. The molecule has 14 aromatic carbocycles. The van der Waals surface area contributed by atoms with Crippen molar-refractivity contribution in [1.82, 2.24) is 0 Å². The number of benzene rings is 14. The van der Waals surface area contributed by atoms with E-state index >= 15 is 0 Å². The van der Waals surface area contributed by atoms with Crippen molar-refractivity contribution >= 4 is 132 Å². The molecule has 0 aliphatic rings. The van der Waals surface area contributed by atoms with Crippen LogP contribution >= 0.6 is 0 Å². The molecular formula is C76H52N2O2. The van der Waals surface area contributed by atoms with Gasteiger partial charge in [0, 0.05) is 54.8 Å². The molecule has 80 heavy (non-hydrogen) atoms. The number of anilines is 6. The Balaban J connectivity index is 0.890. The molecule has 16 rings (SSSR count). The summed E-state index contributed by atoms with van der Waals surface area (Å²) in [6, 6.07) is 88.5. The molecule has 2 aromatic heterocycles. The maximum atomic E-state index is 6.86. The molecule has 0 saturated carbocycles. The average molecular weight is 1030 g/mol. The van der Waals surface area contributed by atoms with Gasteiger partial charge in [0.15, 0.2) is 0 Å². The predicted molar refractivity (Wildman–Crippen MR) is 339 cm³/mol. The summed E-state index contributed by atoms with van der Waals surface area (Å²) in [4.78, 5) is 4.99. The molecule has 0 unspecified atom stereocenters. The molecule has 0 N–H and O–H groups in total. The molecule has 0 aliphatic carbocycles. The highest BCUT2D eigenvalue weighted by molar-refractivity contribution is 6.29. The standard InChI is InChI=1S/C76H52N2O2/c1-45-29-37-55(59-25-15-27-63-71-57-23-13-11-17-49(57)35-43-67(71)79-75(59)63)47(3)73(45)77(53-19-7-5-8-20-53)65-41-33-51-32-40-62-66(42-34-52-31-39-61(65)69(51)70(52)62)78(54-21-9-6-10-22-54)74-46(2)30-38-56(48(74)4)60-26-16-28-64-72-58-24-14-12-18-50(58)36-44-68(72)80-76(60)64/h5-44H,1-4H3. The quantitative estimate of drug-likeness (QED) is 0.142. The number of nitrogens with zero attached hydrogens (tertiary/aromatic N) is 2. The Hall–Kier alpha value is -10.2. The zero-order valence-electron chi connectivity index (χ0n) is 44.8. The topological polar surface area (TPSA) is 32.8 Å². The maximum Gasteiger partial charge on any atom is 0.143 e. The number of furan rings is 2. The van der Waals surface area contributed by atoms with Gasteiger partial charge in [-0.25, -0.2) is 0 Å². The van der Waals surface area contributed by atoms with Gasteiger partial charge in [0.25, 0.3) is 0 Å². The molecule has 0 saturated heterocycles. The van der Waals surface area contributed by atoms with Crippen LogP contribution in [0.2, 0.25) is 0 Å². The highest BCUT2D eigenvalue weighted by Crippen LogP contribution is 2.52. The van der Waals surface area contributed by atoms with Crippen LogP contribution in [0, 0.1) is 27.7 Å². The van der Waals surface area contributed by atoms with Gasteiger partial charge in [-0.15, -0.1) is 0 Å². The van der Waals surface area contributed by atoms with Crippen molar-refractivity contribution in [2.45, 2.75) is 27.7 Å². The number of para-hydroxylation sites is 4. The van der Waals surface area contributed by atoms with Crippen molar-refractivity contribution in [1.29, 1.82) is 0 Å². The molecule has 378 valence electrons. The van der Waals surface area contributed by atoms with Gasteiger partial charge < -0.3 is 18.6 Å². The minimum Gasteiger partial charge on any atom is -0.455 e. The van der Waals surface area contributed by atoms with Gasteiger partial charge in [-0.05, 0) is 153 Å². The zero-order chi connectivity index (χ0) is 53.3. The van der Waals surface area contributed by atoms with E-state index in [1.807, 2.05) is 0 Å². The largest absolute Gasteiger partial charge is 0.455 e. The Morgan fingerprint density at radius 1 is 0.263 bits per heavy atom. The number of fused-ring (bicyclic) bond motifs is 10. The van der Waals surface area contributed by atoms with E-state index in [9.17, 15) is 0 Å². The Bertz CT molecular complexity index is 4860. The van der Waals surface area contributed by atoms with Crippen LogP contribution in [0.15, 0.2) is 251 Å². The first kappa shape index (κ1) is 46.0. The minimum absolute atomic E-state index is 0.898. The number of rotatable bonds is 8. The van der Waals surface area contributed by atoms with Gasteiger partial charge in [0.1, 0.15) is 22.3 Å². The molecule has 0 amide bonds. The van der Waals surface area contributed by atoms with Gasteiger partial charge in [-0.1, -0.05) is 194 Å². The second kappa shape index (κ2) is 17.7. The first-order valence-electron chi connectivity index (χ1n) is 27.7. The van der Waals surface area contributed by atoms with E-state index in [1.54, 1.807) is 0 Å². The van der Waals surface area contributed by atoms with Gasteiger partial charge in [0.05, 0.1) is 22.7 Å². The summed E-state index contributed by atoms with van der Waals surface area (Å²) in [6.45, 7) is 9.05. The third-order valence-corrected chi connectivity index (χ3v) is 17.2.